The van der Waals surface area contributed by atoms with Crippen LogP contribution in [0.4, 0.5) is 5.69 Å². The molecule has 0 heterocycles. The maximum absolute atomic E-state index is 12.8. The molecule has 0 aromatic heterocycles. The Hall–Kier alpha value is -1.53. The van der Waals surface area contributed by atoms with Crippen molar-refractivity contribution in [2.45, 2.75) is 31.6 Å². The maximum atomic E-state index is 12.8. The fourth-order valence-corrected chi connectivity index (χ4v) is 4.02. The van der Waals surface area contributed by atoms with Crippen LogP contribution in [0.5, 0.6) is 5.75 Å². The number of aryl methyl sites for hydroxylation is 1. The second-order valence-electron chi connectivity index (χ2n) is 5.63. The lowest BCUT2D eigenvalue weighted by atomic mass is 10.0. The number of methoxy groups -OCH3 is 1. The Balaban J connectivity index is 2.48. The molecule has 0 atom stereocenters. The van der Waals surface area contributed by atoms with Crippen LogP contribution >= 0.6 is 15.9 Å². The van der Waals surface area contributed by atoms with E-state index in [4.69, 9.17) is 4.74 Å². The fraction of sp³-hybridized carbons (Fsp3) is 0.294. The predicted octanol–water partition coefficient (Wildman–Crippen LogP) is 4.69. The van der Waals surface area contributed by atoms with E-state index in [0.29, 0.717) is 11.4 Å². The first-order chi connectivity index (χ1) is 10.7. The summed E-state index contributed by atoms with van der Waals surface area (Å²) >= 11 is 3.37. The lowest BCUT2D eigenvalue weighted by Crippen LogP contribution is -2.15. The van der Waals surface area contributed by atoms with Gasteiger partial charge in [-0.25, -0.2) is 8.42 Å². The molecule has 6 heteroatoms. The Morgan fingerprint density at radius 2 is 1.83 bits per heavy atom. The molecule has 0 bridgehead atoms. The van der Waals surface area contributed by atoms with Crippen LogP contribution in [0.3, 0.4) is 0 Å². The first-order valence-electron chi connectivity index (χ1n) is 7.21. The Morgan fingerprint density at radius 3 is 2.39 bits per heavy atom. The van der Waals surface area contributed by atoms with Crippen molar-refractivity contribution < 1.29 is 13.2 Å². The van der Waals surface area contributed by atoms with Crippen molar-refractivity contribution in [1.29, 1.82) is 0 Å². The second kappa shape index (κ2) is 6.93. The zero-order valence-corrected chi connectivity index (χ0v) is 16.0. The first kappa shape index (κ1) is 17.8. The highest BCUT2D eigenvalue weighted by Crippen LogP contribution is 2.30. The van der Waals surface area contributed by atoms with E-state index in [2.05, 4.69) is 20.7 Å². The summed E-state index contributed by atoms with van der Waals surface area (Å²) in [5, 5.41) is 0. The topological polar surface area (TPSA) is 55.4 Å². The zero-order chi connectivity index (χ0) is 17.2. The summed E-state index contributed by atoms with van der Waals surface area (Å²) in [4.78, 5) is 0.147. The molecule has 1 N–H and O–H groups in total. The minimum absolute atomic E-state index is 0.147. The highest BCUT2D eigenvalue weighted by Gasteiger charge is 2.21. The van der Waals surface area contributed by atoms with Crippen LogP contribution in [0.1, 0.15) is 30.9 Å². The molecule has 0 fully saturated rings. The molecule has 0 unspecified atom stereocenters. The number of anilines is 1. The Bertz CT molecular complexity index is 817. The summed E-state index contributed by atoms with van der Waals surface area (Å²) in [6.45, 7) is 5.89. The molecule has 124 valence electrons. The van der Waals surface area contributed by atoms with E-state index in [0.717, 1.165) is 15.6 Å². The number of nitrogens with one attached hydrogen (secondary N) is 1. The van der Waals surface area contributed by atoms with Crippen LogP contribution in [-0.4, -0.2) is 15.5 Å². The van der Waals surface area contributed by atoms with Gasteiger partial charge in [-0.1, -0.05) is 35.8 Å². The van der Waals surface area contributed by atoms with E-state index in [-0.39, 0.29) is 10.8 Å². The van der Waals surface area contributed by atoms with Gasteiger partial charge < -0.3 is 4.74 Å². The molecule has 0 amide bonds. The Morgan fingerprint density at radius 1 is 1.13 bits per heavy atom. The van der Waals surface area contributed by atoms with Gasteiger partial charge in [0.05, 0.1) is 12.8 Å². The van der Waals surface area contributed by atoms with Crippen molar-refractivity contribution in [2.75, 3.05) is 11.8 Å². The third kappa shape index (κ3) is 4.06. The smallest absolute Gasteiger partial charge is 0.265 e. The summed E-state index contributed by atoms with van der Waals surface area (Å²) in [5.41, 5.74) is 2.32. The maximum Gasteiger partial charge on any atom is 0.265 e. The van der Waals surface area contributed by atoms with Gasteiger partial charge in [0, 0.05) is 4.47 Å². The predicted molar refractivity (Wildman–Crippen MR) is 96.8 cm³/mol. The number of ether oxygens (including phenoxy) is 1. The van der Waals surface area contributed by atoms with Gasteiger partial charge in [0.15, 0.2) is 0 Å². The van der Waals surface area contributed by atoms with Crippen molar-refractivity contribution in [2.24, 2.45) is 0 Å². The molecule has 2 rings (SSSR count). The minimum Gasteiger partial charge on any atom is -0.495 e. The average molecular weight is 398 g/mol. The van der Waals surface area contributed by atoms with Crippen LogP contribution in [0, 0.1) is 6.92 Å². The van der Waals surface area contributed by atoms with Crippen molar-refractivity contribution in [3.63, 3.8) is 0 Å². The van der Waals surface area contributed by atoms with Crippen LogP contribution in [0.2, 0.25) is 0 Å². The molecule has 0 saturated carbocycles. The number of halogens is 1. The van der Waals surface area contributed by atoms with Gasteiger partial charge in [0.2, 0.25) is 0 Å². The monoisotopic (exact) mass is 397 g/mol. The standard InChI is InChI=1S/C17H20BrNO3S/c1-11(2)13-5-8-16(22-4)17(10-13)23(20,21)19-15-7-6-14(18)9-12(15)3/h5-11,19H,1-4H3. The highest BCUT2D eigenvalue weighted by molar-refractivity contribution is 9.10. The molecule has 0 saturated heterocycles. The Labute approximate surface area is 146 Å². The highest BCUT2D eigenvalue weighted by atomic mass is 79.9. The normalized spacial score (nSPS) is 11.6. The molecular weight excluding hydrogens is 378 g/mol. The van der Waals surface area contributed by atoms with Gasteiger partial charge in [-0.3, -0.25) is 4.72 Å². The minimum atomic E-state index is -3.74. The van der Waals surface area contributed by atoms with E-state index in [1.807, 2.05) is 32.9 Å². The second-order valence-corrected chi connectivity index (χ2v) is 8.20. The van der Waals surface area contributed by atoms with Crippen LogP contribution in [-0.2, 0) is 10.0 Å². The average Bonchev–Trinajstić information content (AvgIpc) is 2.49. The quantitative estimate of drug-likeness (QED) is 0.795. The number of hydrogen-bond donors (Lipinski definition) is 1. The van der Waals surface area contributed by atoms with E-state index in [1.165, 1.54) is 7.11 Å². The molecule has 0 spiro atoms. The van der Waals surface area contributed by atoms with E-state index in [1.54, 1.807) is 24.3 Å². The molecular formula is C17H20BrNO3S. The van der Waals surface area contributed by atoms with Gasteiger partial charge in [0.25, 0.3) is 10.0 Å². The summed E-state index contributed by atoms with van der Waals surface area (Å²) < 4.78 is 34.4. The largest absolute Gasteiger partial charge is 0.495 e. The molecule has 23 heavy (non-hydrogen) atoms. The van der Waals surface area contributed by atoms with Gasteiger partial charge in [-0.15, -0.1) is 0 Å². The van der Waals surface area contributed by atoms with Gasteiger partial charge >= 0.3 is 0 Å². The summed E-state index contributed by atoms with van der Waals surface area (Å²) in [6, 6.07) is 10.6. The fourth-order valence-electron chi connectivity index (χ4n) is 2.20. The molecule has 2 aromatic carbocycles. The third-order valence-electron chi connectivity index (χ3n) is 3.58. The van der Waals surface area contributed by atoms with Crippen molar-refractivity contribution in [3.8, 4) is 5.75 Å². The Kier molecular flexibility index (Phi) is 5.37. The summed E-state index contributed by atoms with van der Waals surface area (Å²) in [5.74, 6) is 0.556. The van der Waals surface area contributed by atoms with Gasteiger partial charge in [0.1, 0.15) is 10.6 Å². The van der Waals surface area contributed by atoms with E-state index < -0.39 is 10.0 Å². The zero-order valence-electron chi connectivity index (χ0n) is 13.6. The lowest BCUT2D eigenvalue weighted by molar-refractivity contribution is 0.402. The SMILES string of the molecule is COc1ccc(C(C)C)cc1S(=O)(=O)Nc1ccc(Br)cc1C. The first-order valence-corrected chi connectivity index (χ1v) is 9.49. The lowest BCUT2D eigenvalue weighted by Gasteiger charge is -2.15. The summed E-state index contributed by atoms with van der Waals surface area (Å²) in [7, 11) is -2.27. The van der Waals surface area contributed by atoms with Crippen molar-refractivity contribution >= 4 is 31.6 Å². The van der Waals surface area contributed by atoms with Crippen LogP contribution < -0.4 is 9.46 Å². The molecule has 4 nitrogen and oxygen atoms in total. The van der Waals surface area contributed by atoms with Crippen LogP contribution in [0.25, 0.3) is 0 Å². The van der Waals surface area contributed by atoms with E-state index in [9.17, 15) is 8.42 Å². The molecule has 0 aliphatic rings. The molecule has 2 aromatic rings. The van der Waals surface area contributed by atoms with Crippen LogP contribution in [0.15, 0.2) is 45.8 Å². The number of sulfonamides is 1. The van der Waals surface area contributed by atoms with Gasteiger partial charge in [-0.2, -0.15) is 0 Å². The number of hydrogen-bond acceptors (Lipinski definition) is 3. The number of rotatable bonds is 5. The van der Waals surface area contributed by atoms with Crippen molar-refractivity contribution in [1.82, 2.24) is 0 Å². The molecule has 0 aliphatic heterocycles. The number of benzene rings is 2. The third-order valence-corrected chi connectivity index (χ3v) is 5.46. The molecule has 0 aliphatic carbocycles. The van der Waals surface area contributed by atoms with E-state index >= 15 is 0 Å². The van der Waals surface area contributed by atoms with Crippen molar-refractivity contribution in [3.05, 3.63) is 52.0 Å². The summed E-state index contributed by atoms with van der Waals surface area (Å²) in [6.07, 6.45) is 0. The molecule has 0 radical (unpaired) electrons. The van der Waals surface area contributed by atoms with Gasteiger partial charge in [-0.05, 0) is 54.3 Å².